The molecule has 17 heavy (non-hydrogen) atoms. The van der Waals surface area contributed by atoms with E-state index in [1.807, 2.05) is 20.8 Å². The Morgan fingerprint density at radius 2 is 1.71 bits per heavy atom. The molecule has 5 heteroatoms. The predicted molar refractivity (Wildman–Crippen MR) is 65.5 cm³/mol. The first-order valence-corrected chi connectivity index (χ1v) is 6.04. The Morgan fingerprint density at radius 3 is 2.18 bits per heavy atom. The van der Waals surface area contributed by atoms with Gasteiger partial charge in [-0.3, -0.25) is 0 Å². The monoisotopic (exact) mass is 239 g/mol. The van der Waals surface area contributed by atoms with Crippen LogP contribution in [0, 0.1) is 0 Å². The van der Waals surface area contributed by atoms with Gasteiger partial charge >= 0.3 is 0 Å². The van der Waals surface area contributed by atoms with Gasteiger partial charge in [-0.1, -0.05) is 6.92 Å². The summed E-state index contributed by atoms with van der Waals surface area (Å²) in [5.74, 6) is 0. The number of hydrogen-bond acceptors (Lipinski definition) is 5. The molecule has 1 rings (SSSR count). The first-order valence-electron chi connectivity index (χ1n) is 6.04. The fourth-order valence-corrected chi connectivity index (χ4v) is 1.63. The third-order valence-corrected chi connectivity index (χ3v) is 2.30. The Labute approximate surface area is 103 Å². The molecule has 0 aliphatic carbocycles. The molecule has 0 amide bonds. The summed E-state index contributed by atoms with van der Waals surface area (Å²) in [7, 11) is 0. The zero-order valence-electron chi connectivity index (χ0n) is 10.7. The zero-order valence-corrected chi connectivity index (χ0v) is 10.7. The van der Waals surface area contributed by atoms with Gasteiger partial charge in [0.25, 0.3) is 0 Å². The van der Waals surface area contributed by atoms with Crippen LogP contribution in [0.25, 0.3) is 0 Å². The van der Waals surface area contributed by atoms with Crippen LogP contribution in [0.3, 0.4) is 0 Å². The molecule has 0 spiro atoms. The van der Waals surface area contributed by atoms with Crippen LogP contribution in [0.2, 0.25) is 0 Å². The van der Waals surface area contributed by atoms with Crippen molar-refractivity contribution < 1.29 is 9.47 Å². The van der Waals surface area contributed by atoms with E-state index in [1.165, 1.54) is 6.33 Å². The summed E-state index contributed by atoms with van der Waals surface area (Å²) in [6.07, 6.45) is 4.77. The quantitative estimate of drug-likeness (QED) is 0.697. The zero-order chi connectivity index (χ0) is 12.5. The van der Waals surface area contributed by atoms with E-state index < -0.39 is 0 Å². The molecule has 1 aromatic heterocycles. The second-order valence-electron chi connectivity index (χ2n) is 3.49. The maximum Gasteiger partial charge on any atom is 0.176 e. The molecule has 1 heterocycles. The van der Waals surface area contributed by atoms with E-state index in [1.54, 1.807) is 12.4 Å². The normalized spacial score (nSPS) is 12.9. The highest BCUT2D eigenvalue weighted by molar-refractivity contribution is 5.10. The summed E-state index contributed by atoms with van der Waals surface area (Å²) in [5.41, 5.74) is 0.973. The summed E-state index contributed by atoms with van der Waals surface area (Å²) >= 11 is 0. The lowest BCUT2D eigenvalue weighted by Gasteiger charge is -2.27. The fraction of sp³-hybridized carbons (Fsp3) is 0.667. The smallest absolute Gasteiger partial charge is 0.176 e. The van der Waals surface area contributed by atoms with Crippen LogP contribution in [0.15, 0.2) is 18.7 Å². The molecule has 96 valence electrons. The summed E-state index contributed by atoms with van der Waals surface area (Å²) < 4.78 is 11.2. The summed E-state index contributed by atoms with van der Waals surface area (Å²) in [6.45, 7) is 8.01. The molecule has 0 saturated carbocycles. The number of ether oxygens (including phenoxy) is 2. The van der Waals surface area contributed by atoms with Gasteiger partial charge in [0.2, 0.25) is 0 Å². The van der Waals surface area contributed by atoms with E-state index in [2.05, 4.69) is 15.3 Å². The number of likely N-dealkylation sites (N-methyl/N-ethyl adjacent to an activating group) is 1. The van der Waals surface area contributed by atoms with Crippen molar-refractivity contribution in [3.63, 3.8) is 0 Å². The summed E-state index contributed by atoms with van der Waals surface area (Å²) in [4.78, 5) is 8.06. The number of aromatic nitrogens is 2. The third kappa shape index (κ3) is 4.38. The van der Waals surface area contributed by atoms with Crippen molar-refractivity contribution in [2.24, 2.45) is 0 Å². The highest BCUT2D eigenvalue weighted by atomic mass is 16.7. The number of nitrogens with zero attached hydrogens (tertiary/aromatic N) is 2. The van der Waals surface area contributed by atoms with Gasteiger partial charge in [-0.2, -0.15) is 0 Å². The predicted octanol–water partition coefficient (Wildman–Crippen LogP) is 1.53. The van der Waals surface area contributed by atoms with E-state index >= 15 is 0 Å². The van der Waals surface area contributed by atoms with Gasteiger partial charge in [0, 0.05) is 31.2 Å². The van der Waals surface area contributed by atoms with E-state index in [-0.39, 0.29) is 12.3 Å². The molecule has 0 radical (unpaired) electrons. The van der Waals surface area contributed by atoms with Crippen LogP contribution in [-0.4, -0.2) is 36.0 Å². The van der Waals surface area contributed by atoms with Crippen LogP contribution >= 0.6 is 0 Å². The van der Waals surface area contributed by atoms with Crippen molar-refractivity contribution in [3.05, 3.63) is 24.3 Å². The number of nitrogens with one attached hydrogen (secondary N) is 1. The van der Waals surface area contributed by atoms with E-state index in [0.29, 0.717) is 13.2 Å². The lowest BCUT2D eigenvalue weighted by atomic mass is 10.1. The molecule has 0 fully saturated rings. The molecule has 0 aromatic carbocycles. The Morgan fingerprint density at radius 1 is 1.12 bits per heavy atom. The minimum atomic E-state index is -0.309. The largest absolute Gasteiger partial charge is 0.351 e. The molecule has 0 aliphatic rings. The van der Waals surface area contributed by atoms with Crippen molar-refractivity contribution in [1.29, 1.82) is 0 Å². The maximum atomic E-state index is 5.61. The van der Waals surface area contributed by atoms with Crippen LogP contribution < -0.4 is 5.32 Å². The minimum Gasteiger partial charge on any atom is -0.351 e. The number of hydrogen-bond donors (Lipinski definition) is 1. The summed E-state index contributed by atoms with van der Waals surface area (Å²) in [5, 5.41) is 3.34. The Balaban J connectivity index is 2.81. The molecule has 1 N–H and O–H groups in total. The molecule has 0 aliphatic heterocycles. The van der Waals surface area contributed by atoms with Crippen LogP contribution in [-0.2, 0) is 9.47 Å². The molecule has 5 nitrogen and oxygen atoms in total. The lowest BCUT2D eigenvalue weighted by Crippen LogP contribution is -2.36. The summed E-state index contributed by atoms with van der Waals surface area (Å²) in [6, 6.07) is -0.0406. The Bertz CT molecular complexity index is 289. The molecule has 0 bridgehead atoms. The fourth-order valence-electron chi connectivity index (χ4n) is 1.63. The first kappa shape index (κ1) is 14.0. The van der Waals surface area contributed by atoms with E-state index in [9.17, 15) is 0 Å². The lowest BCUT2D eigenvalue weighted by molar-refractivity contribution is -0.155. The highest BCUT2D eigenvalue weighted by Crippen LogP contribution is 2.18. The van der Waals surface area contributed by atoms with Gasteiger partial charge in [0.1, 0.15) is 6.33 Å². The van der Waals surface area contributed by atoms with Crippen LogP contribution in [0.4, 0.5) is 0 Å². The van der Waals surface area contributed by atoms with Crippen molar-refractivity contribution in [3.8, 4) is 0 Å². The highest BCUT2D eigenvalue weighted by Gasteiger charge is 2.23. The molecular formula is C12H21N3O2. The first-order chi connectivity index (χ1) is 8.33. The SMILES string of the molecule is CCNC(c1cncnc1)C(OCC)OCC. The second-order valence-corrected chi connectivity index (χ2v) is 3.49. The van der Waals surface area contributed by atoms with Gasteiger partial charge in [0.05, 0.1) is 6.04 Å². The van der Waals surface area contributed by atoms with Crippen molar-refractivity contribution in [2.75, 3.05) is 19.8 Å². The standard InChI is InChI=1S/C12H21N3O2/c1-4-15-11(10-7-13-9-14-8-10)12(16-5-2)17-6-3/h7-9,11-12,15H,4-6H2,1-3H3. The molecule has 0 saturated heterocycles. The number of rotatable bonds is 8. The molecule has 1 atom stereocenters. The molecule has 1 aromatic rings. The van der Waals surface area contributed by atoms with Gasteiger partial charge in [-0.15, -0.1) is 0 Å². The van der Waals surface area contributed by atoms with Gasteiger partial charge in [-0.05, 0) is 20.4 Å². The average Bonchev–Trinajstić information content (AvgIpc) is 2.37. The van der Waals surface area contributed by atoms with Gasteiger partial charge in [-0.25, -0.2) is 9.97 Å². The average molecular weight is 239 g/mol. The third-order valence-electron chi connectivity index (χ3n) is 2.30. The van der Waals surface area contributed by atoms with Crippen molar-refractivity contribution in [1.82, 2.24) is 15.3 Å². The van der Waals surface area contributed by atoms with Crippen molar-refractivity contribution >= 4 is 0 Å². The van der Waals surface area contributed by atoms with Gasteiger partial charge < -0.3 is 14.8 Å². The molecule has 1 unspecified atom stereocenters. The van der Waals surface area contributed by atoms with E-state index in [0.717, 1.165) is 12.1 Å². The van der Waals surface area contributed by atoms with E-state index in [4.69, 9.17) is 9.47 Å². The van der Waals surface area contributed by atoms with Crippen LogP contribution in [0.1, 0.15) is 32.4 Å². The Hall–Kier alpha value is -1.04. The van der Waals surface area contributed by atoms with Crippen LogP contribution in [0.5, 0.6) is 0 Å². The van der Waals surface area contributed by atoms with Gasteiger partial charge in [0.15, 0.2) is 6.29 Å². The topological polar surface area (TPSA) is 56.3 Å². The van der Waals surface area contributed by atoms with Crippen molar-refractivity contribution in [2.45, 2.75) is 33.1 Å². The molecular weight excluding hydrogens is 218 g/mol. The maximum absolute atomic E-state index is 5.61. The minimum absolute atomic E-state index is 0.0406. The second kappa shape index (κ2) is 8.11. The Kier molecular flexibility index (Phi) is 6.69.